The Labute approximate surface area is 110 Å². The van der Waals surface area contributed by atoms with E-state index in [2.05, 4.69) is 5.32 Å². The van der Waals surface area contributed by atoms with Crippen molar-refractivity contribution in [2.24, 2.45) is 11.8 Å². The van der Waals surface area contributed by atoms with Crippen LogP contribution < -0.4 is 5.32 Å². The molecule has 0 bridgehead atoms. The molecule has 4 nitrogen and oxygen atoms in total. The van der Waals surface area contributed by atoms with Crippen molar-refractivity contribution in [3.8, 4) is 0 Å². The molecule has 0 radical (unpaired) electrons. The quantitative estimate of drug-likeness (QED) is 0.850. The van der Waals surface area contributed by atoms with Crippen molar-refractivity contribution in [1.82, 2.24) is 0 Å². The molecular formula is C14H16FNO3. The highest BCUT2D eigenvalue weighted by molar-refractivity contribution is 5.93. The van der Waals surface area contributed by atoms with Gasteiger partial charge in [-0.15, -0.1) is 0 Å². The molecule has 1 saturated carbocycles. The highest BCUT2D eigenvalue weighted by atomic mass is 19.1. The van der Waals surface area contributed by atoms with Crippen LogP contribution in [-0.2, 0) is 14.3 Å². The number of anilines is 1. The van der Waals surface area contributed by atoms with Crippen molar-refractivity contribution in [1.29, 1.82) is 0 Å². The molecule has 5 heteroatoms. The van der Waals surface area contributed by atoms with E-state index in [-0.39, 0.29) is 24.3 Å². The van der Waals surface area contributed by atoms with E-state index in [1.165, 1.54) is 6.07 Å². The van der Waals surface area contributed by atoms with E-state index in [0.29, 0.717) is 17.2 Å². The first-order valence-corrected chi connectivity index (χ1v) is 6.20. The normalized spacial score (nSPS) is 20.8. The molecular weight excluding hydrogens is 249 g/mol. The molecule has 1 N–H and O–H groups in total. The number of hydrogen-bond acceptors (Lipinski definition) is 3. The molecule has 2 rings (SSSR count). The van der Waals surface area contributed by atoms with Crippen LogP contribution in [0.2, 0.25) is 0 Å². The van der Waals surface area contributed by atoms with E-state index in [0.717, 1.165) is 6.42 Å². The molecule has 1 fully saturated rings. The maximum absolute atomic E-state index is 13.3. The van der Waals surface area contributed by atoms with E-state index >= 15 is 0 Å². The summed E-state index contributed by atoms with van der Waals surface area (Å²) in [5.74, 6) is -0.907. The predicted octanol–water partition coefficient (Wildman–Crippen LogP) is 2.27. The monoisotopic (exact) mass is 265 g/mol. The number of carbonyl (C=O) groups excluding carboxylic acids is 2. The summed E-state index contributed by atoms with van der Waals surface area (Å²) in [5.41, 5.74) is 0.857. The van der Waals surface area contributed by atoms with Crippen LogP contribution in [0.1, 0.15) is 18.9 Å². The lowest BCUT2D eigenvalue weighted by Gasteiger charge is -2.07. The molecule has 0 saturated heterocycles. The number of ether oxygens (including phenoxy) is 1. The van der Waals surface area contributed by atoms with Crippen LogP contribution in [0.5, 0.6) is 0 Å². The number of hydrogen-bond donors (Lipinski definition) is 1. The van der Waals surface area contributed by atoms with Crippen LogP contribution in [0.4, 0.5) is 10.1 Å². The van der Waals surface area contributed by atoms with Crippen molar-refractivity contribution in [2.75, 3.05) is 11.9 Å². The second kappa shape index (κ2) is 5.38. The summed E-state index contributed by atoms with van der Waals surface area (Å²) in [6.45, 7) is 3.26. The van der Waals surface area contributed by atoms with Crippen LogP contribution in [0.15, 0.2) is 18.2 Å². The van der Waals surface area contributed by atoms with Gasteiger partial charge in [0.05, 0.1) is 5.92 Å². The van der Waals surface area contributed by atoms with E-state index in [1.54, 1.807) is 19.1 Å². The average Bonchev–Trinajstić information content (AvgIpc) is 3.08. The Morgan fingerprint density at radius 2 is 2.16 bits per heavy atom. The Hall–Kier alpha value is -1.91. The lowest BCUT2D eigenvalue weighted by Crippen LogP contribution is -2.21. The first-order chi connectivity index (χ1) is 8.97. The van der Waals surface area contributed by atoms with Gasteiger partial charge >= 0.3 is 5.97 Å². The molecule has 1 aliphatic rings. The second-order valence-corrected chi connectivity index (χ2v) is 4.94. The van der Waals surface area contributed by atoms with E-state index in [4.69, 9.17) is 4.74 Å². The van der Waals surface area contributed by atoms with Gasteiger partial charge in [0.1, 0.15) is 5.82 Å². The minimum absolute atomic E-state index is 0.0652. The van der Waals surface area contributed by atoms with Gasteiger partial charge in [-0.05, 0) is 37.0 Å². The number of esters is 1. The van der Waals surface area contributed by atoms with E-state index in [9.17, 15) is 14.0 Å². The van der Waals surface area contributed by atoms with Crippen molar-refractivity contribution < 1.29 is 18.7 Å². The Morgan fingerprint density at radius 1 is 1.47 bits per heavy atom. The highest BCUT2D eigenvalue weighted by Gasteiger charge is 2.40. The van der Waals surface area contributed by atoms with Crippen LogP contribution >= 0.6 is 0 Å². The fourth-order valence-corrected chi connectivity index (χ4v) is 1.76. The summed E-state index contributed by atoms with van der Waals surface area (Å²) < 4.78 is 18.1. The van der Waals surface area contributed by atoms with Crippen LogP contribution in [0.25, 0.3) is 0 Å². The number of amides is 1. The number of carbonyl (C=O) groups is 2. The van der Waals surface area contributed by atoms with Gasteiger partial charge in [0.2, 0.25) is 0 Å². The summed E-state index contributed by atoms with van der Waals surface area (Å²) in [5, 5.41) is 2.48. The first kappa shape index (κ1) is 13.5. The van der Waals surface area contributed by atoms with Gasteiger partial charge in [0.15, 0.2) is 6.61 Å². The molecule has 0 unspecified atom stereocenters. The van der Waals surface area contributed by atoms with Gasteiger partial charge in [-0.2, -0.15) is 0 Å². The Morgan fingerprint density at radius 3 is 2.74 bits per heavy atom. The maximum Gasteiger partial charge on any atom is 0.309 e. The summed E-state index contributed by atoms with van der Waals surface area (Å²) in [4.78, 5) is 22.9. The van der Waals surface area contributed by atoms with Gasteiger partial charge in [-0.1, -0.05) is 13.0 Å². The molecule has 0 aromatic heterocycles. The zero-order valence-corrected chi connectivity index (χ0v) is 10.9. The van der Waals surface area contributed by atoms with Gasteiger partial charge in [-0.25, -0.2) is 4.39 Å². The highest BCUT2D eigenvalue weighted by Crippen LogP contribution is 2.38. The first-order valence-electron chi connectivity index (χ1n) is 6.20. The molecule has 1 amide bonds. The Bertz CT molecular complexity index is 515. The lowest BCUT2D eigenvalue weighted by atomic mass is 10.2. The lowest BCUT2D eigenvalue weighted by molar-refractivity contribution is -0.148. The molecule has 2 atom stereocenters. The van der Waals surface area contributed by atoms with Crippen molar-refractivity contribution in [2.45, 2.75) is 20.3 Å². The molecule has 0 heterocycles. The van der Waals surface area contributed by atoms with Crippen LogP contribution in [-0.4, -0.2) is 18.5 Å². The van der Waals surface area contributed by atoms with E-state index < -0.39 is 5.91 Å². The van der Waals surface area contributed by atoms with Gasteiger partial charge in [0.25, 0.3) is 5.91 Å². The molecule has 19 heavy (non-hydrogen) atoms. The SMILES string of the molecule is Cc1ccc(NC(=O)COC(=O)[C@@H]2C[C@@H]2C)cc1F. The third-order valence-corrected chi connectivity index (χ3v) is 3.21. The molecule has 1 aromatic carbocycles. The number of benzene rings is 1. The Kier molecular flexibility index (Phi) is 3.83. The van der Waals surface area contributed by atoms with Crippen LogP contribution in [0.3, 0.4) is 0 Å². The summed E-state index contributed by atoms with van der Waals surface area (Å²) in [6, 6.07) is 4.40. The minimum atomic E-state index is -0.468. The zero-order valence-electron chi connectivity index (χ0n) is 10.9. The molecule has 0 aliphatic heterocycles. The fourth-order valence-electron chi connectivity index (χ4n) is 1.76. The largest absolute Gasteiger partial charge is 0.455 e. The Balaban J connectivity index is 1.80. The summed E-state index contributed by atoms with van der Waals surface area (Å²) >= 11 is 0. The molecule has 1 aromatic rings. The van der Waals surface area contributed by atoms with Crippen molar-refractivity contribution in [3.63, 3.8) is 0 Å². The van der Waals surface area contributed by atoms with Gasteiger partial charge < -0.3 is 10.1 Å². The smallest absolute Gasteiger partial charge is 0.309 e. The number of aryl methyl sites for hydroxylation is 1. The summed E-state index contributed by atoms with van der Waals surface area (Å²) in [7, 11) is 0. The number of rotatable bonds is 4. The van der Waals surface area contributed by atoms with Gasteiger partial charge in [0, 0.05) is 5.69 Å². The predicted molar refractivity (Wildman–Crippen MR) is 68.0 cm³/mol. The van der Waals surface area contributed by atoms with Gasteiger partial charge in [-0.3, -0.25) is 9.59 Å². The summed E-state index contributed by atoms with van der Waals surface area (Å²) in [6.07, 6.45) is 0.823. The molecule has 102 valence electrons. The average molecular weight is 265 g/mol. The molecule has 1 aliphatic carbocycles. The fraction of sp³-hybridized carbons (Fsp3) is 0.429. The number of halogens is 1. The molecule has 0 spiro atoms. The number of nitrogens with one attached hydrogen (secondary N) is 1. The topological polar surface area (TPSA) is 55.4 Å². The minimum Gasteiger partial charge on any atom is -0.455 e. The third kappa shape index (κ3) is 3.53. The van der Waals surface area contributed by atoms with Crippen molar-refractivity contribution in [3.05, 3.63) is 29.6 Å². The zero-order chi connectivity index (χ0) is 14.0. The third-order valence-electron chi connectivity index (χ3n) is 3.21. The van der Waals surface area contributed by atoms with Crippen molar-refractivity contribution >= 4 is 17.6 Å². The second-order valence-electron chi connectivity index (χ2n) is 4.94. The maximum atomic E-state index is 13.3. The van der Waals surface area contributed by atoms with E-state index in [1.807, 2.05) is 6.92 Å². The standard InChI is InChI=1S/C14H16FNO3/c1-8-3-4-10(6-12(8)15)16-13(17)7-19-14(18)11-5-9(11)2/h3-4,6,9,11H,5,7H2,1-2H3,(H,16,17)/t9-,11+/m0/s1. The van der Waals surface area contributed by atoms with Crippen LogP contribution in [0, 0.1) is 24.6 Å².